The zero-order valence-corrected chi connectivity index (χ0v) is 18.4. The molecule has 3 N–H and O–H groups in total. The van der Waals surface area contributed by atoms with Crippen LogP contribution in [0.5, 0.6) is 5.75 Å². The molecule has 0 radical (unpaired) electrons. The fourth-order valence-electron chi connectivity index (χ4n) is 2.86. The summed E-state index contributed by atoms with van der Waals surface area (Å²) in [6.07, 6.45) is -6.71. The standard InChI is InChI=1S/C16H14Cl2FN2O8PS/c17-8-1-2-10-7(3-8)5-26-30(25,29-10)27-6-16(19)12(23)11(22)14(28-16)21-4-9(18)13(31)20-15(21)24/h1-4,11-12,14,22-23H,5-6H2,(H,20,24,31)/t11-,12+,14-,16-,30?/m1/s1/i14D. The number of ether oxygens (including phenoxy) is 1. The molecule has 1 unspecified atom stereocenters. The molecule has 168 valence electrons. The van der Waals surface area contributed by atoms with Crippen LogP contribution in [0.4, 0.5) is 4.39 Å². The van der Waals surface area contributed by atoms with Crippen molar-refractivity contribution in [2.45, 2.75) is 30.9 Å². The molecule has 1 aromatic carbocycles. The Morgan fingerprint density at radius 1 is 1.48 bits per heavy atom. The molecule has 4 rings (SSSR count). The van der Waals surface area contributed by atoms with Gasteiger partial charge >= 0.3 is 13.5 Å². The van der Waals surface area contributed by atoms with E-state index in [-0.39, 0.29) is 22.0 Å². The van der Waals surface area contributed by atoms with Crippen LogP contribution in [0.1, 0.15) is 13.1 Å². The topological polar surface area (TPSA) is 132 Å². The molecular weight excluding hydrogens is 501 g/mol. The molecule has 3 heterocycles. The van der Waals surface area contributed by atoms with Crippen molar-refractivity contribution in [3.05, 3.63) is 55.1 Å². The SMILES string of the molecule is [2H][C@@]1(n2cc(Cl)c(=S)[nH]c2=O)O[C@](F)(COP2(=O)OCc3cc(Cl)ccc3O2)[C@@H](O)[C@H]1O. The summed E-state index contributed by atoms with van der Waals surface area (Å²) in [6.45, 7) is -1.50. The maximum atomic E-state index is 15.4. The van der Waals surface area contributed by atoms with E-state index in [1.165, 1.54) is 18.2 Å². The summed E-state index contributed by atoms with van der Waals surface area (Å²) in [6, 6.07) is 4.39. The number of hydrogen-bond donors (Lipinski definition) is 3. The lowest BCUT2D eigenvalue weighted by Crippen LogP contribution is -2.43. The number of aromatic nitrogens is 2. The molecule has 15 heteroatoms. The average Bonchev–Trinajstić information content (AvgIpc) is 2.91. The van der Waals surface area contributed by atoms with Gasteiger partial charge in [0.2, 0.25) is 0 Å². The Bertz CT molecular complexity index is 1250. The highest BCUT2D eigenvalue weighted by Gasteiger charge is 2.57. The molecule has 2 aromatic rings. The number of benzene rings is 1. The number of phosphoric ester groups is 1. The first-order valence-corrected chi connectivity index (χ1v) is 11.1. The first kappa shape index (κ1) is 21.5. The van der Waals surface area contributed by atoms with Crippen molar-refractivity contribution >= 4 is 43.2 Å². The molecule has 1 fully saturated rings. The lowest BCUT2D eigenvalue weighted by atomic mass is 10.1. The summed E-state index contributed by atoms with van der Waals surface area (Å²) in [4.78, 5) is 14.3. The van der Waals surface area contributed by atoms with E-state index in [1.807, 2.05) is 0 Å². The Balaban J connectivity index is 1.56. The minimum Gasteiger partial charge on any atom is -0.404 e. The van der Waals surface area contributed by atoms with E-state index in [4.69, 9.17) is 55.1 Å². The van der Waals surface area contributed by atoms with Gasteiger partial charge in [0.1, 0.15) is 29.2 Å². The summed E-state index contributed by atoms with van der Waals surface area (Å²) in [5, 5.41) is 20.7. The van der Waals surface area contributed by atoms with Crippen molar-refractivity contribution in [3.63, 3.8) is 0 Å². The quantitative estimate of drug-likeness (QED) is 0.415. The molecule has 0 bridgehead atoms. The van der Waals surface area contributed by atoms with Gasteiger partial charge in [0.25, 0.3) is 5.85 Å². The van der Waals surface area contributed by atoms with Gasteiger partial charge in [0, 0.05) is 16.8 Å². The van der Waals surface area contributed by atoms with Crippen LogP contribution in [-0.4, -0.2) is 44.4 Å². The predicted molar refractivity (Wildman–Crippen MR) is 107 cm³/mol. The number of hydrogen-bond acceptors (Lipinski definition) is 9. The number of H-pyrrole nitrogens is 1. The smallest absolute Gasteiger partial charge is 0.404 e. The Hall–Kier alpha value is -1.34. The fraction of sp³-hybridized carbons (Fsp3) is 0.375. The van der Waals surface area contributed by atoms with E-state index < -0.39 is 44.4 Å². The van der Waals surface area contributed by atoms with Crippen LogP contribution in [0.3, 0.4) is 0 Å². The summed E-state index contributed by atoms with van der Waals surface area (Å²) in [5.74, 6) is -3.16. The van der Waals surface area contributed by atoms with Crippen molar-refractivity contribution < 1.29 is 38.8 Å². The van der Waals surface area contributed by atoms with Crippen molar-refractivity contribution in [2.75, 3.05) is 6.61 Å². The van der Waals surface area contributed by atoms with Crippen LogP contribution < -0.4 is 10.2 Å². The average molecular weight is 516 g/mol. The molecule has 1 saturated heterocycles. The van der Waals surface area contributed by atoms with Gasteiger partial charge in [-0.25, -0.2) is 13.8 Å². The van der Waals surface area contributed by atoms with Gasteiger partial charge in [-0.1, -0.05) is 35.4 Å². The molecule has 10 nitrogen and oxygen atoms in total. The Labute approximate surface area is 190 Å². The fourth-order valence-corrected chi connectivity index (χ4v) is 4.57. The summed E-state index contributed by atoms with van der Waals surface area (Å²) in [5.41, 5.74) is -0.592. The lowest BCUT2D eigenvalue weighted by molar-refractivity contribution is -0.205. The third kappa shape index (κ3) is 4.32. The molecule has 0 amide bonds. The number of aliphatic hydroxyl groups excluding tert-OH is 2. The molecule has 5 atom stereocenters. The normalized spacial score (nSPS) is 35.3. The number of nitrogens with zero attached hydrogens (tertiary/aromatic N) is 1. The van der Waals surface area contributed by atoms with Crippen LogP contribution in [0.15, 0.2) is 29.2 Å². The number of fused-ring (bicyclic) bond motifs is 1. The van der Waals surface area contributed by atoms with Crippen molar-refractivity contribution in [1.29, 1.82) is 0 Å². The van der Waals surface area contributed by atoms with Crippen molar-refractivity contribution in [2.24, 2.45) is 0 Å². The largest absolute Gasteiger partial charge is 0.530 e. The molecule has 2 aliphatic heterocycles. The van der Waals surface area contributed by atoms with Crippen molar-refractivity contribution in [1.82, 2.24) is 9.55 Å². The highest BCUT2D eigenvalue weighted by Crippen LogP contribution is 2.56. The number of phosphoric acid groups is 1. The molecule has 0 aliphatic carbocycles. The summed E-state index contributed by atoms with van der Waals surface area (Å²) < 4.78 is 56.8. The zero-order valence-electron chi connectivity index (χ0n) is 16.2. The first-order chi connectivity index (χ1) is 14.9. The Morgan fingerprint density at radius 2 is 2.23 bits per heavy atom. The van der Waals surface area contributed by atoms with Gasteiger partial charge in [0.05, 0.1) is 13.0 Å². The number of aromatic amines is 1. The van der Waals surface area contributed by atoms with Gasteiger partial charge in [-0.15, -0.1) is 0 Å². The minimum absolute atomic E-state index is 0.125. The van der Waals surface area contributed by atoms with Crippen LogP contribution in [0.2, 0.25) is 10.0 Å². The summed E-state index contributed by atoms with van der Waals surface area (Å²) in [7, 11) is -4.37. The van der Waals surface area contributed by atoms with Gasteiger partial charge in [-0.3, -0.25) is 18.6 Å². The number of nitrogens with one attached hydrogen (secondary N) is 1. The Kier molecular flexibility index (Phi) is 5.70. The molecule has 1 aromatic heterocycles. The van der Waals surface area contributed by atoms with E-state index in [1.54, 1.807) is 0 Å². The third-order valence-electron chi connectivity index (χ3n) is 4.43. The lowest BCUT2D eigenvalue weighted by Gasteiger charge is -2.28. The molecule has 31 heavy (non-hydrogen) atoms. The Morgan fingerprint density at radius 3 is 2.97 bits per heavy atom. The maximum absolute atomic E-state index is 15.4. The van der Waals surface area contributed by atoms with Crippen LogP contribution >= 0.6 is 43.2 Å². The van der Waals surface area contributed by atoms with Crippen molar-refractivity contribution in [3.8, 4) is 5.75 Å². The van der Waals surface area contributed by atoms with Gasteiger partial charge in [0.15, 0.2) is 6.20 Å². The van der Waals surface area contributed by atoms with Gasteiger partial charge in [-0.05, 0) is 18.2 Å². The first-order valence-electron chi connectivity index (χ1n) is 9.01. The molecular formula is C16H14Cl2FN2O8PS. The number of halogens is 3. The molecule has 0 saturated carbocycles. The van der Waals surface area contributed by atoms with Crippen LogP contribution in [0.25, 0.3) is 0 Å². The number of rotatable bonds is 4. The van der Waals surface area contributed by atoms with E-state index in [0.29, 0.717) is 15.2 Å². The molecule has 2 aliphatic rings. The highest BCUT2D eigenvalue weighted by molar-refractivity contribution is 7.71. The second kappa shape index (κ2) is 8.22. The second-order valence-electron chi connectivity index (χ2n) is 6.56. The van der Waals surface area contributed by atoms with E-state index in [9.17, 15) is 19.6 Å². The van der Waals surface area contributed by atoms with Crippen LogP contribution in [-0.2, 0) is 25.0 Å². The monoisotopic (exact) mass is 515 g/mol. The highest BCUT2D eigenvalue weighted by atomic mass is 35.5. The van der Waals surface area contributed by atoms with E-state index in [2.05, 4.69) is 4.98 Å². The number of alkyl halides is 1. The molecule has 0 spiro atoms. The summed E-state index contributed by atoms with van der Waals surface area (Å²) >= 11 is 16.5. The zero-order chi connectivity index (χ0) is 23.5. The number of aliphatic hydroxyl groups is 2. The minimum atomic E-state index is -4.37. The second-order valence-corrected chi connectivity index (χ2v) is 9.41. The van der Waals surface area contributed by atoms with Gasteiger partial charge < -0.3 is 19.5 Å². The van der Waals surface area contributed by atoms with Crippen LogP contribution in [0, 0.1) is 4.64 Å². The maximum Gasteiger partial charge on any atom is 0.530 e. The third-order valence-corrected chi connectivity index (χ3v) is 6.70. The van der Waals surface area contributed by atoms with Gasteiger partial charge in [-0.2, -0.15) is 0 Å². The van der Waals surface area contributed by atoms with E-state index in [0.717, 1.165) is 6.20 Å². The van der Waals surface area contributed by atoms with E-state index >= 15 is 4.39 Å². The predicted octanol–water partition coefficient (Wildman–Crippen LogP) is 2.86.